The first-order valence-electron chi connectivity index (χ1n) is 5.30. The zero-order chi connectivity index (χ0) is 12.7. The molecule has 1 saturated carbocycles. The van der Waals surface area contributed by atoms with E-state index in [9.17, 15) is 8.42 Å². The second-order valence-electron chi connectivity index (χ2n) is 4.45. The number of nitrogens with one attached hydrogen (secondary N) is 1. The number of sulfonamides is 1. The molecule has 94 valence electrons. The molecule has 0 unspecified atom stereocenters. The Labute approximate surface area is 106 Å². The summed E-state index contributed by atoms with van der Waals surface area (Å²) < 4.78 is 26.8. The molecule has 0 aromatic heterocycles. The van der Waals surface area contributed by atoms with Crippen LogP contribution in [-0.4, -0.2) is 25.7 Å². The fraction of sp³-hybridized carbons (Fsp3) is 0.455. The maximum absolute atomic E-state index is 12.1. The Balaban J connectivity index is 2.32. The molecule has 17 heavy (non-hydrogen) atoms. The average molecular weight is 276 g/mol. The molecule has 1 aliphatic rings. The van der Waals surface area contributed by atoms with Gasteiger partial charge in [-0.2, -0.15) is 0 Å². The Morgan fingerprint density at radius 1 is 1.47 bits per heavy atom. The van der Waals surface area contributed by atoms with Crippen molar-refractivity contribution < 1.29 is 13.5 Å². The number of hydrogen-bond donors (Lipinski definition) is 2. The van der Waals surface area contributed by atoms with E-state index in [1.807, 2.05) is 0 Å². The lowest BCUT2D eigenvalue weighted by Crippen LogP contribution is -2.39. The number of aliphatic hydroxyl groups is 1. The summed E-state index contributed by atoms with van der Waals surface area (Å²) >= 11 is 5.78. The highest BCUT2D eigenvalue weighted by Gasteiger charge is 2.45. The summed E-state index contributed by atoms with van der Waals surface area (Å²) in [5, 5.41) is 9.64. The Bertz CT molecular complexity index is 538. The zero-order valence-corrected chi connectivity index (χ0v) is 11.0. The van der Waals surface area contributed by atoms with Crippen LogP contribution in [0.15, 0.2) is 23.1 Å². The number of aryl methyl sites for hydroxylation is 1. The molecule has 0 aliphatic heterocycles. The molecule has 4 nitrogen and oxygen atoms in total. The van der Waals surface area contributed by atoms with Gasteiger partial charge in [-0.25, -0.2) is 13.1 Å². The van der Waals surface area contributed by atoms with Crippen LogP contribution >= 0.6 is 11.6 Å². The van der Waals surface area contributed by atoms with Crippen LogP contribution in [0.5, 0.6) is 0 Å². The molecular formula is C11H14ClNO3S. The third-order valence-corrected chi connectivity index (χ3v) is 4.91. The molecule has 6 heteroatoms. The lowest BCUT2D eigenvalue weighted by atomic mass is 10.2. The van der Waals surface area contributed by atoms with Crippen molar-refractivity contribution in [3.05, 3.63) is 28.8 Å². The third kappa shape index (κ3) is 2.63. The van der Waals surface area contributed by atoms with Crippen LogP contribution in [0.2, 0.25) is 5.02 Å². The van der Waals surface area contributed by atoms with Gasteiger partial charge in [-0.1, -0.05) is 11.6 Å². The van der Waals surface area contributed by atoms with Crippen LogP contribution < -0.4 is 4.72 Å². The molecule has 1 aliphatic carbocycles. The minimum atomic E-state index is -3.58. The van der Waals surface area contributed by atoms with Gasteiger partial charge in [0.15, 0.2) is 0 Å². The minimum absolute atomic E-state index is 0.168. The van der Waals surface area contributed by atoms with E-state index in [2.05, 4.69) is 4.72 Å². The Hall–Kier alpha value is -0.620. The summed E-state index contributed by atoms with van der Waals surface area (Å²) in [5.41, 5.74) is -0.0519. The topological polar surface area (TPSA) is 66.4 Å². The van der Waals surface area contributed by atoms with Crippen molar-refractivity contribution in [2.45, 2.75) is 30.2 Å². The van der Waals surface area contributed by atoms with Crippen LogP contribution in [0, 0.1) is 6.92 Å². The van der Waals surface area contributed by atoms with E-state index in [1.54, 1.807) is 19.1 Å². The van der Waals surface area contributed by atoms with Gasteiger partial charge >= 0.3 is 0 Å². The van der Waals surface area contributed by atoms with E-state index in [1.165, 1.54) is 6.07 Å². The van der Waals surface area contributed by atoms with Gasteiger partial charge in [-0.3, -0.25) is 0 Å². The van der Waals surface area contributed by atoms with E-state index in [-0.39, 0.29) is 11.5 Å². The minimum Gasteiger partial charge on any atom is -0.394 e. The molecule has 0 radical (unpaired) electrons. The van der Waals surface area contributed by atoms with Crippen molar-refractivity contribution in [1.29, 1.82) is 0 Å². The van der Waals surface area contributed by atoms with Crippen molar-refractivity contribution in [1.82, 2.24) is 4.72 Å². The summed E-state index contributed by atoms with van der Waals surface area (Å²) in [5.74, 6) is 0. The highest BCUT2D eigenvalue weighted by atomic mass is 35.5. The molecule has 0 amide bonds. The second kappa shape index (κ2) is 4.24. The van der Waals surface area contributed by atoms with Crippen LogP contribution in [-0.2, 0) is 10.0 Å². The van der Waals surface area contributed by atoms with Crippen molar-refractivity contribution in [2.24, 2.45) is 0 Å². The normalized spacial score (nSPS) is 18.1. The maximum Gasteiger partial charge on any atom is 0.241 e. The molecule has 0 atom stereocenters. The maximum atomic E-state index is 12.1. The van der Waals surface area contributed by atoms with Crippen LogP contribution in [0.4, 0.5) is 0 Å². The number of halogens is 1. The van der Waals surface area contributed by atoms with Crippen LogP contribution in [0.3, 0.4) is 0 Å². The van der Waals surface area contributed by atoms with Gasteiger partial charge in [0.05, 0.1) is 17.0 Å². The third-order valence-electron chi connectivity index (χ3n) is 2.93. The second-order valence-corrected chi connectivity index (χ2v) is 6.54. The van der Waals surface area contributed by atoms with Crippen molar-refractivity contribution in [3.63, 3.8) is 0 Å². The number of benzene rings is 1. The predicted molar refractivity (Wildman–Crippen MR) is 65.6 cm³/mol. The van der Waals surface area contributed by atoms with Gasteiger partial charge in [0.1, 0.15) is 0 Å². The van der Waals surface area contributed by atoms with E-state index < -0.39 is 15.6 Å². The SMILES string of the molecule is Cc1cc(Cl)ccc1S(=O)(=O)NC1(CO)CC1. The van der Waals surface area contributed by atoms with Gasteiger partial charge in [-0.15, -0.1) is 0 Å². The molecule has 0 bridgehead atoms. The smallest absolute Gasteiger partial charge is 0.241 e. The quantitative estimate of drug-likeness (QED) is 0.874. The molecular weight excluding hydrogens is 262 g/mol. The summed E-state index contributed by atoms with van der Waals surface area (Å²) in [4.78, 5) is 0.210. The zero-order valence-electron chi connectivity index (χ0n) is 9.40. The van der Waals surface area contributed by atoms with E-state index in [0.29, 0.717) is 23.4 Å². The van der Waals surface area contributed by atoms with E-state index in [0.717, 1.165) is 0 Å². The molecule has 0 heterocycles. The van der Waals surface area contributed by atoms with E-state index in [4.69, 9.17) is 16.7 Å². The molecule has 2 rings (SSSR count). The van der Waals surface area contributed by atoms with Crippen LogP contribution in [0.25, 0.3) is 0 Å². The highest BCUT2D eigenvalue weighted by Crippen LogP contribution is 2.36. The fourth-order valence-electron chi connectivity index (χ4n) is 1.70. The number of rotatable bonds is 4. The first kappa shape index (κ1) is 12.8. The largest absolute Gasteiger partial charge is 0.394 e. The summed E-state index contributed by atoms with van der Waals surface area (Å²) in [7, 11) is -3.58. The molecule has 2 N–H and O–H groups in total. The van der Waals surface area contributed by atoms with Gasteiger partial charge in [0, 0.05) is 5.02 Å². The number of hydrogen-bond acceptors (Lipinski definition) is 3. The Kier molecular flexibility index (Phi) is 3.20. The molecule has 0 spiro atoms. The molecule has 1 fully saturated rings. The highest BCUT2D eigenvalue weighted by molar-refractivity contribution is 7.89. The monoisotopic (exact) mass is 275 g/mol. The lowest BCUT2D eigenvalue weighted by Gasteiger charge is -2.15. The summed E-state index contributed by atoms with van der Waals surface area (Å²) in [6.45, 7) is 1.53. The molecule has 0 saturated heterocycles. The van der Waals surface area contributed by atoms with E-state index >= 15 is 0 Å². The first-order chi connectivity index (χ1) is 7.88. The van der Waals surface area contributed by atoms with Gasteiger partial charge < -0.3 is 5.11 Å². The summed E-state index contributed by atoms with van der Waals surface area (Å²) in [6.07, 6.45) is 1.35. The van der Waals surface area contributed by atoms with Gasteiger partial charge in [-0.05, 0) is 43.5 Å². The lowest BCUT2D eigenvalue weighted by molar-refractivity contribution is 0.246. The van der Waals surface area contributed by atoms with Crippen LogP contribution in [0.1, 0.15) is 18.4 Å². The van der Waals surface area contributed by atoms with Crippen molar-refractivity contribution in [3.8, 4) is 0 Å². The Morgan fingerprint density at radius 2 is 2.12 bits per heavy atom. The average Bonchev–Trinajstić information content (AvgIpc) is 2.97. The fourth-order valence-corrected chi connectivity index (χ4v) is 3.60. The van der Waals surface area contributed by atoms with Gasteiger partial charge in [0.25, 0.3) is 0 Å². The molecule has 1 aromatic rings. The standard InChI is InChI=1S/C11H14ClNO3S/c1-8-6-9(12)2-3-10(8)17(15,16)13-11(7-14)4-5-11/h2-3,6,13-14H,4-5,7H2,1H3. The number of aliphatic hydroxyl groups excluding tert-OH is 1. The van der Waals surface area contributed by atoms with Crippen molar-refractivity contribution in [2.75, 3.05) is 6.61 Å². The molecule has 1 aromatic carbocycles. The van der Waals surface area contributed by atoms with Crippen molar-refractivity contribution >= 4 is 21.6 Å². The first-order valence-corrected chi connectivity index (χ1v) is 7.16. The summed E-state index contributed by atoms with van der Waals surface area (Å²) in [6, 6.07) is 4.63. The Morgan fingerprint density at radius 3 is 2.59 bits per heavy atom. The van der Waals surface area contributed by atoms with Gasteiger partial charge in [0.2, 0.25) is 10.0 Å². The predicted octanol–water partition coefficient (Wildman–Crippen LogP) is 1.45.